The molecule has 1 atom stereocenters. The van der Waals surface area contributed by atoms with Crippen molar-refractivity contribution < 1.29 is 14.3 Å². The van der Waals surface area contributed by atoms with Crippen LogP contribution in [0.3, 0.4) is 0 Å². The van der Waals surface area contributed by atoms with Gasteiger partial charge in [-0.1, -0.05) is 78.9 Å². The van der Waals surface area contributed by atoms with Gasteiger partial charge in [-0.25, -0.2) is 0 Å². The number of carbonyl (C=O) groups excluding carboxylic acids is 2. The zero-order chi connectivity index (χ0) is 20.6. The molecule has 29 heavy (non-hydrogen) atoms. The van der Waals surface area contributed by atoms with E-state index in [1.54, 1.807) is 7.11 Å². The van der Waals surface area contributed by atoms with Crippen LogP contribution in [0.4, 0.5) is 0 Å². The molecule has 3 aromatic carbocycles. The summed E-state index contributed by atoms with van der Waals surface area (Å²) in [5.41, 5.74) is 8.10. The molecular formula is C24H24N2O3. The Bertz CT molecular complexity index is 919. The topological polar surface area (TPSA) is 81.4 Å². The van der Waals surface area contributed by atoms with Crippen molar-refractivity contribution in [3.63, 3.8) is 0 Å². The van der Waals surface area contributed by atoms with Crippen molar-refractivity contribution >= 4 is 11.8 Å². The van der Waals surface area contributed by atoms with Crippen LogP contribution in [0.25, 0.3) is 0 Å². The predicted octanol–water partition coefficient (Wildman–Crippen LogP) is 3.04. The lowest BCUT2D eigenvalue weighted by atomic mass is 9.90. The average Bonchev–Trinajstić information content (AvgIpc) is 2.75. The van der Waals surface area contributed by atoms with Crippen LogP contribution in [0.1, 0.15) is 22.6 Å². The predicted molar refractivity (Wildman–Crippen MR) is 113 cm³/mol. The Morgan fingerprint density at radius 2 is 1.38 bits per heavy atom. The number of hydrogen-bond acceptors (Lipinski definition) is 3. The van der Waals surface area contributed by atoms with E-state index in [4.69, 9.17) is 10.5 Å². The van der Waals surface area contributed by atoms with Gasteiger partial charge in [-0.2, -0.15) is 0 Å². The Hall–Kier alpha value is -3.60. The lowest BCUT2D eigenvalue weighted by molar-refractivity contribution is -0.127. The summed E-state index contributed by atoms with van der Waals surface area (Å²) in [6.07, 6.45) is 0.251. The number of ether oxygens (including phenoxy) is 1. The van der Waals surface area contributed by atoms with E-state index >= 15 is 0 Å². The molecule has 0 saturated carbocycles. The molecule has 5 heteroatoms. The zero-order valence-electron chi connectivity index (χ0n) is 16.2. The van der Waals surface area contributed by atoms with E-state index in [1.807, 2.05) is 84.9 Å². The fraction of sp³-hybridized carbons (Fsp3) is 0.167. The Morgan fingerprint density at radius 1 is 0.862 bits per heavy atom. The van der Waals surface area contributed by atoms with Crippen molar-refractivity contribution in [3.05, 3.63) is 102 Å². The normalized spacial score (nSPS) is 11.7. The lowest BCUT2D eigenvalue weighted by Crippen LogP contribution is -2.47. The number of carbonyl (C=O) groups is 2. The average molecular weight is 388 g/mol. The fourth-order valence-electron chi connectivity index (χ4n) is 3.36. The third kappa shape index (κ3) is 5.02. The van der Waals surface area contributed by atoms with Gasteiger partial charge in [-0.05, 0) is 22.8 Å². The highest BCUT2D eigenvalue weighted by atomic mass is 16.5. The molecule has 5 nitrogen and oxygen atoms in total. The number of benzene rings is 3. The van der Waals surface area contributed by atoms with Crippen molar-refractivity contribution in [2.75, 3.05) is 7.11 Å². The molecular weight excluding hydrogens is 364 g/mol. The van der Waals surface area contributed by atoms with E-state index in [0.717, 1.165) is 16.7 Å². The summed E-state index contributed by atoms with van der Waals surface area (Å²) in [5, 5.41) is 2.84. The fourth-order valence-corrected chi connectivity index (χ4v) is 3.36. The summed E-state index contributed by atoms with van der Waals surface area (Å²) in [6.45, 7) is 0. The molecule has 0 fully saturated rings. The maximum atomic E-state index is 13.3. The maximum Gasteiger partial charge on any atom is 0.240 e. The second-order valence-electron chi connectivity index (χ2n) is 6.73. The Balaban J connectivity index is 1.87. The molecule has 3 aromatic rings. The van der Waals surface area contributed by atoms with Crippen molar-refractivity contribution in [1.82, 2.24) is 5.32 Å². The second kappa shape index (κ2) is 9.55. The van der Waals surface area contributed by atoms with E-state index in [1.165, 1.54) is 0 Å². The van der Waals surface area contributed by atoms with Gasteiger partial charge in [-0.3, -0.25) is 9.59 Å². The highest BCUT2D eigenvalue weighted by Gasteiger charge is 2.27. The molecule has 0 bridgehead atoms. The quantitative estimate of drug-likeness (QED) is 0.622. The first kappa shape index (κ1) is 20.1. The van der Waals surface area contributed by atoms with Gasteiger partial charge in [0.2, 0.25) is 11.8 Å². The van der Waals surface area contributed by atoms with Crippen molar-refractivity contribution in [1.29, 1.82) is 0 Å². The monoisotopic (exact) mass is 388 g/mol. The first-order chi connectivity index (χ1) is 14.1. The molecule has 2 amide bonds. The summed E-state index contributed by atoms with van der Waals surface area (Å²) in [5.74, 6) is -0.766. The van der Waals surface area contributed by atoms with Crippen LogP contribution in [-0.4, -0.2) is 25.0 Å². The van der Waals surface area contributed by atoms with E-state index < -0.39 is 17.9 Å². The van der Waals surface area contributed by atoms with Crippen LogP contribution in [0, 0.1) is 0 Å². The number of para-hydroxylation sites is 1. The minimum absolute atomic E-state index is 0.251. The van der Waals surface area contributed by atoms with Gasteiger partial charge in [0.15, 0.2) is 0 Å². The standard InChI is InChI=1S/C24H24N2O3/c1-29-21-15-9-8-14-19(21)16-20(23(25)27)26-24(28)22(17-10-4-2-5-11-17)18-12-6-3-7-13-18/h2-15,20,22H,16H2,1H3,(H2,25,27)(H,26,28)/t20-/m0/s1. The summed E-state index contributed by atoms with van der Waals surface area (Å²) in [4.78, 5) is 25.4. The van der Waals surface area contributed by atoms with Crippen molar-refractivity contribution in [3.8, 4) is 5.75 Å². The molecule has 0 spiro atoms. The zero-order valence-corrected chi connectivity index (χ0v) is 16.2. The van der Waals surface area contributed by atoms with Crippen LogP contribution in [-0.2, 0) is 16.0 Å². The van der Waals surface area contributed by atoms with Crippen LogP contribution in [0.2, 0.25) is 0 Å². The summed E-state index contributed by atoms with van der Waals surface area (Å²) >= 11 is 0. The molecule has 0 heterocycles. The molecule has 3 rings (SSSR count). The summed E-state index contributed by atoms with van der Waals surface area (Å²) < 4.78 is 5.35. The van der Waals surface area contributed by atoms with Gasteiger partial charge < -0.3 is 15.8 Å². The minimum Gasteiger partial charge on any atom is -0.496 e. The van der Waals surface area contributed by atoms with Crippen molar-refractivity contribution in [2.24, 2.45) is 5.73 Å². The van der Waals surface area contributed by atoms with Crippen LogP contribution in [0.5, 0.6) is 5.75 Å². The van der Waals surface area contributed by atoms with Crippen molar-refractivity contribution in [2.45, 2.75) is 18.4 Å². The Labute approximate surface area is 170 Å². The molecule has 0 aliphatic heterocycles. The van der Waals surface area contributed by atoms with Crippen LogP contribution in [0.15, 0.2) is 84.9 Å². The van der Waals surface area contributed by atoms with Crippen LogP contribution >= 0.6 is 0 Å². The van der Waals surface area contributed by atoms with Crippen LogP contribution < -0.4 is 15.8 Å². The number of rotatable bonds is 8. The number of hydrogen-bond donors (Lipinski definition) is 2. The molecule has 0 aromatic heterocycles. The largest absolute Gasteiger partial charge is 0.496 e. The third-order valence-electron chi connectivity index (χ3n) is 4.80. The van der Waals surface area contributed by atoms with Gasteiger partial charge in [0.05, 0.1) is 13.0 Å². The summed E-state index contributed by atoms with van der Waals surface area (Å²) in [7, 11) is 1.57. The molecule has 0 radical (unpaired) electrons. The van der Waals surface area contributed by atoms with Gasteiger partial charge in [0.25, 0.3) is 0 Å². The number of nitrogens with two attached hydrogens (primary N) is 1. The van der Waals surface area contributed by atoms with Gasteiger partial charge >= 0.3 is 0 Å². The Kier molecular flexibility index (Phi) is 6.63. The highest BCUT2D eigenvalue weighted by molar-refractivity contribution is 5.92. The van der Waals surface area contributed by atoms with Gasteiger partial charge in [-0.15, -0.1) is 0 Å². The third-order valence-corrected chi connectivity index (χ3v) is 4.80. The first-order valence-electron chi connectivity index (χ1n) is 9.41. The molecule has 3 N–H and O–H groups in total. The number of amides is 2. The Morgan fingerprint density at radius 3 is 1.90 bits per heavy atom. The lowest BCUT2D eigenvalue weighted by Gasteiger charge is -2.22. The SMILES string of the molecule is COc1ccccc1C[C@H](NC(=O)C(c1ccccc1)c1ccccc1)C(N)=O. The molecule has 0 aliphatic rings. The molecule has 0 unspecified atom stereocenters. The highest BCUT2D eigenvalue weighted by Crippen LogP contribution is 2.25. The van der Waals surface area contributed by atoms with E-state index in [-0.39, 0.29) is 12.3 Å². The number of primary amides is 1. The van der Waals surface area contributed by atoms with Gasteiger partial charge in [0.1, 0.15) is 11.8 Å². The minimum atomic E-state index is -0.853. The van der Waals surface area contributed by atoms with E-state index in [2.05, 4.69) is 5.32 Å². The summed E-state index contributed by atoms with van der Waals surface area (Å²) in [6, 6.07) is 25.5. The van der Waals surface area contributed by atoms with E-state index in [9.17, 15) is 9.59 Å². The molecule has 0 aliphatic carbocycles. The number of nitrogens with one attached hydrogen (secondary N) is 1. The molecule has 148 valence electrons. The van der Waals surface area contributed by atoms with E-state index in [0.29, 0.717) is 5.75 Å². The maximum absolute atomic E-state index is 13.3. The molecule has 0 saturated heterocycles. The van der Waals surface area contributed by atoms with Gasteiger partial charge in [0, 0.05) is 6.42 Å². The smallest absolute Gasteiger partial charge is 0.240 e. The first-order valence-corrected chi connectivity index (χ1v) is 9.41. The number of methoxy groups -OCH3 is 1. The second-order valence-corrected chi connectivity index (χ2v) is 6.73.